The molecule has 6 rings (SSSR count). The minimum atomic E-state index is -0.0838. The highest BCUT2D eigenvalue weighted by Crippen LogP contribution is 2.31. The van der Waals surface area contributed by atoms with E-state index in [-0.39, 0.29) is 11.5 Å². The SMILES string of the molecule is CCc1cc2cc3c(cc2[nH]c1=O)CN1CCN(c2ccc(C(=O)NC4CC4)nc2)C[C@H]1CCO3. The molecule has 2 aromatic heterocycles. The molecule has 2 aliphatic heterocycles. The second-order valence-corrected chi connectivity index (χ2v) is 9.88. The summed E-state index contributed by atoms with van der Waals surface area (Å²) in [4.78, 5) is 36.9. The number of ether oxygens (including phenoxy) is 1. The number of carbonyl (C=O) groups is 1. The van der Waals surface area contributed by atoms with Gasteiger partial charge in [-0.2, -0.15) is 0 Å². The molecule has 1 saturated heterocycles. The number of anilines is 1. The van der Waals surface area contributed by atoms with Crippen molar-refractivity contribution in [3.8, 4) is 5.75 Å². The summed E-state index contributed by atoms with van der Waals surface area (Å²) in [5.41, 5.74) is 4.29. The van der Waals surface area contributed by atoms with Crippen LogP contribution in [0.5, 0.6) is 5.75 Å². The molecule has 0 spiro atoms. The molecule has 0 unspecified atom stereocenters. The van der Waals surface area contributed by atoms with E-state index in [2.05, 4.69) is 37.2 Å². The zero-order valence-electron chi connectivity index (χ0n) is 20.0. The standard InChI is InChI=1S/C27H31N5O3/c1-2-17-11-18-13-25-19(12-24(18)30-26(17)33)15-31-8-9-32(16-22(31)7-10-35-25)21-5-6-23(28-14-21)27(34)29-20-3-4-20/h5-6,11-14,20,22H,2-4,7-10,15-16H2,1H3,(H,29,34)(H,30,33)/t22-/m1/s1. The Morgan fingerprint density at radius 3 is 2.86 bits per heavy atom. The van der Waals surface area contributed by atoms with Crippen LogP contribution in [-0.4, -0.2) is 59.1 Å². The zero-order chi connectivity index (χ0) is 23.9. The van der Waals surface area contributed by atoms with E-state index >= 15 is 0 Å². The Morgan fingerprint density at radius 2 is 2.09 bits per heavy atom. The summed E-state index contributed by atoms with van der Waals surface area (Å²) >= 11 is 0. The number of aromatic amines is 1. The smallest absolute Gasteiger partial charge is 0.270 e. The minimum Gasteiger partial charge on any atom is -0.493 e. The summed E-state index contributed by atoms with van der Waals surface area (Å²) in [7, 11) is 0. The topological polar surface area (TPSA) is 90.6 Å². The lowest BCUT2D eigenvalue weighted by atomic mass is 10.0. The van der Waals surface area contributed by atoms with Gasteiger partial charge in [-0.05, 0) is 56.0 Å². The average molecular weight is 474 g/mol. The molecule has 1 saturated carbocycles. The van der Waals surface area contributed by atoms with Gasteiger partial charge in [-0.15, -0.1) is 0 Å². The molecule has 1 aliphatic carbocycles. The number of pyridine rings is 2. The number of nitrogens with one attached hydrogen (secondary N) is 2. The summed E-state index contributed by atoms with van der Waals surface area (Å²) in [5.74, 6) is 0.830. The lowest BCUT2D eigenvalue weighted by Crippen LogP contribution is -2.53. The number of aromatic nitrogens is 2. The molecule has 182 valence electrons. The third-order valence-electron chi connectivity index (χ3n) is 7.43. The number of carbonyl (C=O) groups excluding carboxylic acids is 1. The molecule has 0 bridgehead atoms. The highest BCUT2D eigenvalue weighted by molar-refractivity contribution is 5.92. The van der Waals surface area contributed by atoms with Crippen LogP contribution in [0.3, 0.4) is 0 Å². The molecule has 3 aliphatic rings. The second-order valence-electron chi connectivity index (χ2n) is 9.88. The first-order valence-electron chi connectivity index (χ1n) is 12.6. The van der Waals surface area contributed by atoms with E-state index < -0.39 is 0 Å². The monoisotopic (exact) mass is 473 g/mol. The summed E-state index contributed by atoms with van der Waals surface area (Å²) in [5, 5.41) is 4.01. The van der Waals surface area contributed by atoms with Gasteiger partial charge in [-0.3, -0.25) is 14.5 Å². The lowest BCUT2D eigenvalue weighted by molar-refractivity contribution is 0.0946. The zero-order valence-corrected chi connectivity index (χ0v) is 20.0. The van der Waals surface area contributed by atoms with Crippen LogP contribution in [0.25, 0.3) is 10.9 Å². The third kappa shape index (κ3) is 4.50. The second kappa shape index (κ2) is 9.00. The predicted octanol–water partition coefficient (Wildman–Crippen LogP) is 2.85. The van der Waals surface area contributed by atoms with E-state index in [9.17, 15) is 9.59 Å². The molecule has 4 heterocycles. The summed E-state index contributed by atoms with van der Waals surface area (Å²) in [6, 6.07) is 10.6. The van der Waals surface area contributed by atoms with Crippen LogP contribution in [0.4, 0.5) is 5.69 Å². The fourth-order valence-electron chi connectivity index (χ4n) is 5.17. The normalized spacial score (nSPS) is 20.4. The number of rotatable bonds is 4. The van der Waals surface area contributed by atoms with Gasteiger partial charge in [-0.1, -0.05) is 6.92 Å². The summed E-state index contributed by atoms with van der Waals surface area (Å²) in [6.07, 6.45) is 5.60. The van der Waals surface area contributed by atoms with Gasteiger partial charge < -0.3 is 19.9 Å². The molecule has 0 radical (unpaired) electrons. The van der Waals surface area contributed by atoms with Crippen molar-refractivity contribution in [3.05, 3.63) is 63.7 Å². The van der Waals surface area contributed by atoms with E-state index in [1.807, 2.05) is 31.3 Å². The molecule has 1 aromatic carbocycles. The first-order chi connectivity index (χ1) is 17.1. The molecule has 8 heteroatoms. The Balaban J connectivity index is 1.18. The van der Waals surface area contributed by atoms with Crippen molar-refractivity contribution in [3.63, 3.8) is 0 Å². The van der Waals surface area contributed by atoms with Gasteiger partial charge in [0.15, 0.2) is 0 Å². The van der Waals surface area contributed by atoms with E-state index in [4.69, 9.17) is 4.74 Å². The van der Waals surface area contributed by atoms with Crippen molar-refractivity contribution in [2.24, 2.45) is 0 Å². The minimum absolute atomic E-state index is 0.0112. The fraction of sp³-hybridized carbons (Fsp3) is 0.444. The maximum absolute atomic E-state index is 12.3. The Morgan fingerprint density at radius 1 is 1.20 bits per heavy atom. The van der Waals surface area contributed by atoms with Crippen LogP contribution >= 0.6 is 0 Å². The Kier molecular flexibility index (Phi) is 5.68. The molecule has 3 aromatic rings. The molecular weight excluding hydrogens is 442 g/mol. The van der Waals surface area contributed by atoms with Crippen molar-refractivity contribution in [2.75, 3.05) is 31.1 Å². The third-order valence-corrected chi connectivity index (χ3v) is 7.43. The van der Waals surface area contributed by atoms with Crippen LogP contribution in [-0.2, 0) is 13.0 Å². The van der Waals surface area contributed by atoms with Gasteiger partial charge in [0.25, 0.3) is 11.5 Å². The maximum Gasteiger partial charge on any atom is 0.270 e. The van der Waals surface area contributed by atoms with Crippen LogP contribution in [0.15, 0.2) is 41.3 Å². The molecule has 2 N–H and O–H groups in total. The number of benzene rings is 1. The lowest BCUT2D eigenvalue weighted by Gasteiger charge is -2.43. The van der Waals surface area contributed by atoms with Gasteiger partial charge >= 0.3 is 0 Å². The van der Waals surface area contributed by atoms with Crippen LogP contribution < -0.4 is 20.5 Å². The van der Waals surface area contributed by atoms with E-state index in [1.54, 1.807) is 0 Å². The predicted molar refractivity (Wildman–Crippen MR) is 135 cm³/mol. The highest BCUT2D eigenvalue weighted by atomic mass is 16.5. The molecule has 35 heavy (non-hydrogen) atoms. The first kappa shape index (κ1) is 22.1. The fourth-order valence-corrected chi connectivity index (χ4v) is 5.17. The number of amides is 1. The molecule has 1 amide bonds. The van der Waals surface area contributed by atoms with Gasteiger partial charge in [0, 0.05) is 60.3 Å². The van der Waals surface area contributed by atoms with Crippen molar-refractivity contribution < 1.29 is 9.53 Å². The van der Waals surface area contributed by atoms with Crippen LogP contribution in [0.1, 0.15) is 47.8 Å². The number of H-pyrrole nitrogens is 1. The van der Waals surface area contributed by atoms with Crippen LogP contribution in [0, 0.1) is 0 Å². The van der Waals surface area contributed by atoms with Gasteiger partial charge in [0.2, 0.25) is 0 Å². The number of aryl methyl sites for hydroxylation is 1. The Labute approximate surface area is 204 Å². The molecule has 2 fully saturated rings. The Bertz CT molecular complexity index is 1310. The number of hydrogen-bond acceptors (Lipinski definition) is 6. The van der Waals surface area contributed by atoms with E-state index in [0.717, 1.165) is 78.9 Å². The number of piperazine rings is 1. The van der Waals surface area contributed by atoms with Crippen LogP contribution in [0.2, 0.25) is 0 Å². The largest absolute Gasteiger partial charge is 0.493 e. The molecular formula is C27H31N5O3. The van der Waals surface area contributed by atoms with Crippen molar-refractivity contribution in [1.29, 1.82) is 0 Å². The number of fused-ring (bicyclic) bond motifs is 3. The number of hydrogen-bond donors (Lipinski definition) is 2. The quantitative estimate of drug-likeness (QED) is 0.606. The van der Waals surface area contributed by atoms with Gasteiger partial charge in [-0.25, -0.2) is 4.98 Å². The molecule has 1 atom stereocenters. The number of nitrogens with zero attached hydrogens (tertiary/aromatic N) is 3. The van der Waals surface area contributed by atoms with Gasteiger partial charge in [0.1, 0.15) is 11.4 Å². The van der Waals surface area contributed by atoms with E-state index in [0.29, 0.717) is 30.8 Å². The summed E-state index contributed by atoms with van der Waals surface area (Å²) in [6.45, 7) is 6.15. The van der Waals surface area contributed by atoms with Crippen molar-refractivity contribution >= 4 is 22.5 Å². The van der Waals surface area contributed by atoms with E-state index in [1.165, 1.54) is 0 Å². The summed E-state index contributed by atoms with van der Waals surface area (Å²) < 4.78 is 6.22. The molecule has 8 nitrogen and oxygen atoms in total. The highest BCUT2D eigenvalue weighted by Gasteiger charge is 2.30. The Hall–Kier alpha value is -3.39. The van der Waals surface area contributed by atoms with Crippen molar-refractivity contribution in [1.82, 2.24) is 20.2 Å². The van der Waals surface area contributed by atoms with Gasteiger partial charge in [0.05, 0.1) is 18.5 Å². The first-order valence-corrected chi connectivity index (χ1v) is 12.6. The maximum atomic E-state index is 12.3. The average Bonchev–Trinajstić information content (AvgIpc) is 3.67. The van der Waals surface area contributed by atoms with Crippen molar-refractivity contribution in [2.45, 2.75) is 51.2 Å².